The molecule has 2 N–H and O–H groups in total. The highest BCUT2D eigenvalue weighted by Crippen LogP contribution is 2.42. The van der Waals surface area contributed by atoms with Gasteiger partial charge in [-0.3, -0.25) is 0 Å². The Balaban J connectivity index is 2.34. The molecule has 0 spiro atoms. The number of benzene rings is 1. The lowest BCUT2D eigenvalue weighted by atomic mass is 9.77. The van der Waals surface area contributed by atoms with Gasteiger partial charge in [-0.15, -0.1) is 0 Å². The molecule has 0 aliphatic heterocycles. The van der Waals surface area contributed by atoms with Gasteiger partial charge in [0, 0.05) is 6.04 Å². The van der Waals surface area contributed by atoms with E-state index in [1.54, 1.807) is 14.2 Å². The monoisotopic (exact) mass is 221 g/mol. The van der Waals surface area contributed by atoms with Gasteiger partial charge in [0.1, 0.15) is 11.5 Å². The highest BCUT2D eigenvalue weighted by molar-refractivity contribution is 5.47. The maximum atomic E-state index is 6.29. The SMILES string of the molecule is COc1cccc(OC)c1C(N)C1CCC1. The van der Waals surface area contributed by atoms with Gasteiger partial charge in [0.15, 0.2) is 0 Å². The Morgan fingerprint density at radius 2 is 1.75 bits per heavy atom. The number of methoxy groups -OCH3 is 2. The predicted octanol–water partition coefficient (Wildman–Crippen LogP) is 2.50. The zero-order valence-corrected chi connectivity index (χ0v) is 9.90. The fourth-order valence-corrected chi connectivity index (χ4v) is 2.24. The minimum Gasteiger partial charge on any atom is -0.496 e. The van der Waals surface area contributed by atoms with E-state index in [1.807, 2.05) is 18.2 Å². The minimum atomic E-state index is 0.0276. The molecule has 1 fully saturated rings. The lowest BCUT2D eigenvalue weighted by molar-refractivity contribution is 0.254. The third-order valence-electron chi connectivity index (χ3n) is 3.46. The molecule has 16 heavy (non-hydrogen) atoms. The molecule has 0 heterocycles. The minimum absolute atomic E-state index is 0.0276. The van der Waals surface area contributed by atoms with Crippen molar-refractivity contribution in [2.45, 2.75) is 25.3 Å². The smallest absolute Gasteiger partial charge is 0.127 e. The molecule has 0 bridgehead atoms. The Morgan fingerprint density at radius 1 is 1.19 bits per heavy atom. The van der Waals surface area contributed by atoms with E-state index >= 15 is 0 Å². The van der Waals surface area contributed by atoms with E-state index in [9.17, 15) is 0 Å². The van der Waals surface area contributed by atoms with Crippen molar-refractivity contribution in [1.29, 1.82) is 0 Å². The lowest BCUT2D eigenvalue weighted by Gasteiger charge is -2.32. The Morgan fingerprint density at radius 3 is 2.12 bits per heavy atom. The second-order valence-electron chi connectivity index (χ2n) is 4.29. The van der Waals surface area contributed by atoms with Crippen molar-refractivity contribution in [2.75, 3.05) is 14.2 Å². The molecule has 1 aliphatic rings. The van der Waals surface area contributed by atoms with Gasteiger partial charge in [0.05, 0.1) is 19.8 Å². The van der Waals surface area contributed by atoms with E-state index < -0.39 is 0 Å². The molecule has 3 heteroatoms. The quantitative estimate of drug-likeness (QED) is 0.849. The maximum absolute atomic E-state index is 6.29. The summed E-state index contributed by atoms with van der Waals surface area (Å²) < 4.78 is 10.7. The average Bonchev–Trinajstić information content (AvgIpc) is 2.25. The van der Waals surface area contributed by atoms with Crippen LogP contribution in [0.25, 0.3) is 0 Å². The molecule has 88 valence electrons. The normalized spacial score (nSPS) is 17.7. The van der Waals surface area contributed by atoms with Gasteiger partial charge < -0.3 is 15.2 Å². The van der Waals surface area contributed by atoms with Crippen LogP contribution in [0.5, 0.6) is 11.5 Å². The summed E-state index contributed by atoms with van der Waals surface area (Å²) in [6.07, 6.45) is 3.71. The van der Waals surface area contributed by atoms with E-state index in [-0.39, 0.29) is 6.04 Å². The maximum Gasteiger partial charge on any atom is 0.127 e. The first kappa shape index (κ1) is 11.3. The molecule has 0 amide bonds. The average molecular weight is 221 g/mol. The first-order valence-corrected chi connectivity index (χ1v) is 5.74. The van der Waals surface area contributed by atoms with Gasteiger partial charge in [0.25, 0.3) is 0 Å². The molecule has 0 radical (unpaired) electrons. The highest BCUT2D eigenvalue weighted by atomic mass is 16.5. The Labute approximate surface area is 96.5 Å². The van der Waals surface area contributed by atoms with Crippen molar-refractivity contribution in [2.24, 2.45) is 11.7 Å². The zero-order chi connectivity index (χ0) is 11.5. The largest absolute Gasteiger partial charge is 0.496 e. The second kappa shape index (κ2) is 4.74. The number of hydrogen-bond acceptors (Lipinski definition) is 3. The Bertz CT molecular complexity index is 339. The summed E-state index contributed by atoms with van der Waals surface area (Å²) in [5, 5.41) is 0. The molecular formula is C13H19NO2. The summed E-state index contributed by atoms with van der Waals surface area (Å²) in [5.41, 5.74) is 7.30. The van der Waals surface area contributed by atoms with Crippen molar-refractivity contribution in [1.82, 2.24) is 0 Å². The van der Waals surface area contributed by atoms with E-state index in [2.05, 4.69) is 0 Å². The molecule has 1 saturated carbocycles. The van der Waals surface area contributed by atoms with Crippen LogP contribution < -0.4 is 15.2 Å². The molecule has 1 aromatic rings. The van der Waals surface area contributed by atoms with Crippen molar-refractivity contribution < 1.29 is 9.47 Å². The van der Waals surface area contributed by atoms with Gasteiger partial charge in [-0.1, -0.05) is 12.5 Å². The van der Waals surface area contributed by atoms with Crippen molar-refractivity contribution >= 4 is 0 Å². The van der Waals surface area contributed by atoms with Crippen molar-refractivity contribution in [3.8, 4) is 11.5 Å². The molecule has 1 aromatic carbocycles. The number of nitrogens with two attached hydrogens (primary N) is 1. The number of ether oxygens (including phenoxy) is 2. The van der Waals surface area contributed by atoms with Gasteiger partial charge in [0.2, 0.25) is 0 Å². The van der Waals surface area contributed by atoms with Crippen LogP contribution in [0.2, 0.25) is 0 Å². The standard InChI is InChI=1S/C13H19NO2/c1-15-10-7-4-8-11(16-2)12(10)13(14)9-5-3-6-9/h4,7-9,13H,3,5-6,14H2,1-2H3. The van der Waals surface area contributed by atoms with Crippen LogP contribution in [-0.2, 0) is 0 Å². The van der Waals surface area contributed by atoms with Gasteiger partial charge in [-0.25, -0.2) is 0 Å². The highest BCUT2D eigenvalue weighted by Gasteiger charge is 2.29. The summed E-state index contributed by atoms with van der Waals surface area (Å²) in [5.74, 6) is 2.24. The van der Waals surface area contributed by atoms with Gasteiger partial charge in [-0.2, -0.15) is 0 Å². The van der Waals surface area contributed by atoms with Crippen LogP contribution >= 0.6 is 0 Å². The summed E-state index contributed by atoms with van der Waals surface area (Å²) in [4.78, 5) is 0. The third kappa shape index (κ3) is 1.87. The molecule has 0 aromatic heterocycles. The van der Waals surface area contributed by atoms with Crippen LogP contribution in [0.15, 0.2) is 18.2 Å². The van der Waals surface area contributed by atoms with Crippen LogP contribution in [0.1, 0.15) is 30.9 Å². The van der Waals surface area contributed by atoms with Crippen molar-refractivity contribution in [3.05, 3.63) is 23.8 Å². The zero-order valence-electron chi connectivity index (χ0n) is 9.90. The van der Waals surface area contributed by atoms with Gasteiger partial charge in [-0.05, 0) is 30.9 Å². The van der Waals surface area contributed by atoms with Crippen LogP contribution in [0.3, 0.4) is 0 Å². The van der Waals surface area contributed by atoms with E-state index in [1.165, 1.54) is 19.3 Å². The molecule has 1 unspecified atom stereocenters. The van der Waals surface area contributed by atoms with Crippen molar-refractivity contribution in [3.63, 3.8) is 0 Å². The summed E-state index contributed by atoms with van der Waals surface area (Å²) >= 11 is 0. The molecule has 0 saturated heterocycles. The molecule has 2 rings (SSSR count). The Kier molecular flexibility index (Phi) is 3.34. The van der Waals surface area contributed by atoms with E-state index in [0.717, 1.165) is 17.1 Å². The summed E-state index contributed by atoms with van der Waals surface area (Å²) in [7, 11) is 3.34. The molecular weight excluding hydrogens is 202 g/mol. The fraction of sp³-hybridized carbons (Fsp3) is 0.538. The lowest BCUT2D eigenvalue weighted by Crippen LogP contribution is -2.27. The summed E-state index contributed by atoms with van der Waals surface area (Å²) in [6.45, 7) is 0. The van der Waals surface area contributed by atoms with Gasteiger partial charge >= 0.3 is 0 Å². The van der Waals surface area contributed by atoms with Crippen LogP contribution in [-0.4, -0.2) is 14.2 Å². The van der Waals surface area contributed by atoms with E-state index in [0.29, 0.717) is 5.92 Å². The Hall–Kier alpha value is -1.22. The molecule has 1 atom stereocenters. The van der Waals surface area contributed by atoms with Crippen LogP contribution in [0.4, 0.5) is 0 Å². The molecule has 1 aliphatic carbocycles. The molecule has 3 nitrogen and oxygen atoms in total. The number of hydrogen-bond donors (Lipinski definition) is 1. The first-order chi connectivity index (χ1) is 7.77. The van der Waals surface area contributed by atoms with E-state index in [4.69, 9.17) is 15.2 Å². The first-order valence-electron chi connectivity index (χ1n) is 5.74. The summed E-state index contributed by atoms with van der Waals surface area (Å²) in [6, 6.07) is 5.83. The second-order valence-corrected chi connectivity index (χ2v) is 4.29. The predicted molar refractivity (Wildman–Crippen MR) is 63.8 cm³/mol. The third-order valence-corrected chi connectivity index (χ3v) is 3.46. The topological polar surface area (TPSA) is 44.5 Å². The van der Waals surface area contributed by atoms with Crippen LogP contribution in [0, 0.1) is 5.92 Å². The number of rotatable bonds is 4. The fourth-order valence-electron chi connectivity index (χ4n) is 2.24.